The summed E-state index contributed by atoms with van der Waals surface area (Å²) in [7, 11) is 0. The predicted octanol–water partition coefficient (Wildman–Crippen LogP) is 3.80. The fourth-order valence-corrected chi connectivity index (χ4v) is 4.71. The Kier molecular flexibility index (Phi) is 8.03. The lowest BCUT2D eigenvalue weighted by molar-refractivity contribution is -0.122. The number of aromatic nitrogens is 1. The Morgan fingerprint density at radius 2 is 1.63 bits per heavy atom. The smallest absolute Gasteiger partial charge is 0.273 e. The van der Waals surface area contributed by atoms with Gasteiger partial charge in [-0.3, -0.25) is 19.3 Å². The van der Waals surface area contributed by atoms with Gasteiger partial charge in [-0.1, -0.05) is 61.5 Å². The molecule has 0 saturated carbocycles. The zero-order valence-corrected chi connectivity index (χ0v) is 21.4. The second-order valence-electron chi connectivity index (χ2n) is 8.53. The SMILES string of the molecule is CCc1ccc(N(C(=O)c2snc(C(N)=O)c2N)[C@H](C(=O)NCc2ccccc2)c2ccc(O)cc2)cc1. The normalized spacial score (nSPS) is 11.5. The molecule has 3 amide bonds. The number of anilines is 2. The van der Waals surface area contributed by atoms with Gasteiger partial charge in [0.1, 0.15) is 16.7 Å². The van der Waals surface area contributed by atoms with E-state index < -0.39 is 23.8 Å². The van der Waals surface area contributed by atoms with Gasteiger partial charge in [-0.25, -0.2) is 0 Å². The molecule has 9 nitrogen and oxygen atoms in total. The summed E-state index contributed by atoms with van der Waals surface area (Å²) in [5.74, 6) is -1.91. The summed E-state index contributed by atoms with van der Waals surface area (Å²) in [6.45, 7) is 2.25. The molecule has 3 aromatic carbocycles. The molecule has 0 saturated heterocycles. The van der Waals surface area contributed by atoms with Crippen molar-refractivity contribution < 1.29 is 19.5 Å². The van der Waals surface area contributed by atoms with Crippen LogP contribution in [0.15, 0.2) is 78.9 Å². The van der Waals surface area contributed by atoms with Gasteiger partial charge in [0.05, 0.1) is 5.69 Å². The highest BCUT2D eigenvalue weighted by atomic mass is 32.1. The Hall–Kier alpha value is -4.70. The van der Waals surface area contributed by atoms with Crippen LogP contribution in [0, 0.1) is 0 Å². The Morgan fingerprint density at radius 3 is 2.21 bits per heavy atom. The number of phenols is 1. The monoisotopic (exact) mass is 529 g/mol. The molecule has 10 heteroatoms. The van der Waals surface area contributed by atoms with Crippen LogP contribution < -0.4 is 21.7 Å². The highest BCUT2D eigenvalue weighted by Gasteiger charge is 2.36. The van der Waals surface area contributed by atoms with Crippen molar-refractivity contribution in [2.45, 2.75) is 25.9 Å². The third kappa shape index (κ3) is 5.65. The van der Waals surface area contributed by atoms with Crippen molar-refractivity contribution >= 4 is 40.6 Å². The minimum Gasteiger partial charge on any atom is -0.508 e. The van der Waals surface area contributed by atoms with E-state index >= 15 is 0 Å². The lowest BCUT2D eigenvalue weighted by Gasteiger charge is -2.31. The Balaban J connectivity index is 1.82. The third-order valence-electron chi connectivity index (χ3n) is 6.02. The molecule has 0 fully saturated rings. The first-order valence-electron chi connectivity index (χ1n) is 11.9. The van der Waals surface area contributed by atoms with Crippen LogP contribution in [0.25, 0.3) is 0 Å². The number of nitrogens with one attached hydrogen (secondary N) is 1. The van der Waals surface area contributed by atoms with Gasteiger partial charge in [0.2, 0.25) is 5.91 Å². The molecule has 0 spiro atoms. The van der Waals surface area contributed by atoms with Crippen LogP contribution in [0.1, 0.15) is 49.8 Å². The van der Waals surface area contributed by atoms with Crippen LogP contribution in [0.4, 0.5) is 11.4 Å². The maximum atomic E-state index is 14.1. The molecule has 4 aromatic rings. The summed E-state index contributed by atoms with van der Waals surface area (Å²) in [5, 5.41) is 12.8. The van der Waals surface area contributed by atoms with E-state index in [1.807, 2.05) is 49.4 Å². The molecule has 1 atom stereocenters. The first-order chi connectivity index (χ1) is 18.3. The summed E-state index contributed by atoms with van der Waals surface area (Å²) in [5.41, 5.74) is 14.0. The highest BCUT2D eigenvalue weighted by Crippen LogP contribution is 2.34. The zero-order chi connectivity index (χ0) is 27.2. The fraction of sp³-hybridized carbons (Fsp3) is 0.143. The maximum absolute atomic E-state index is 14.1. The van der Waals surface area contributed by atoms with Crippen molar-refractivity contribution in [3.05, 3.63) is 106 Å². The van der Waals surface area contributed by atoms with Crippen LogP contribution in [-0.4, -0.2) is 27.2 Å². The molecule has 0 radical (unpaired) electrons. The molecular formula is C28H27N5O4S. The molecule has 0 bridgehead atoms. The number of aromatic hydroxyl groups is 1. The van der Waals surface area contributed by atoms with Crippen molar-refractivity contribution in [3.8, 4) is 5.75 Å². The molecule has 0 aliphatic rings. The van der Waals surface area contributed by atoms with Gasteiger partial charge < -0.3 is 21.9 Å². The number of phenolic OH excluding ortho intramolecular Hbond substituents is 1. The standard InChI is InChI=1S/C28H27N5O4S/c1-2-17-8-12-20(13-9-17)33(28(37)25-22(29)23(26(30)35)32-38-25)24(19-10-14-21(34)15-11-19)27(36)31-16-18-6-4-3-5-7-18/h3-15,24,34H,2,16,29H2,1H3,(H2,30,35)(H,31,36)/t24-/m0/s1. The van der Waals surface area contributed by atoms with Crippen molar-refractivity contribution in [1.82, 2.24) is 9.69 Å². The van der Waals surface area contributed by atoms with Crippen molar-refractivity contribution in [2.75, 3.05) is 10.6 Å². The summed E-state index contributed by atoms with van der Waals surface area (Å²) >= 11 is 0.741. The molecule has 1 heterocycles. The van der Waals surface area contributed by atoms with Gasteiger partial charge in [0, 0.05) is 12.2 Å². The minimum atomic E-state index is -1.14. The molecule has 0 aliphatic heterocycles. The fourth-order valence-electron chi connectivity index (χ4n) is 3.97. The summed E-state index contributed by atoms with van der Waals surface area (Å²) in [6, 6.07) is 21.5. The quantitative estimate of drug-likeness (QED) is 0.259. The molecular weight excluding hydrogens is 502 g/mol. The van der Waals surface area contributed by atoms with E-state index in [0.29, 0.717) is 11.3 Å². The summed E-state index contributed by atoms with van der Waals surface area (Å²) in [6.07, 6.45) is 0.789. The number of nitrogens with two attached hydrogens (primary N) is 2. The van der Waals surface area contributed by atoms with E-state index in [1.165, 1.54) is 17.0 Å². The molecule has 1 aromatic heterocycles. The molecule has 194 valence electrons. The number of aryl methyl sites for hydroxylation is 1. The lowest BCUT2D eigenvalue weighted by atomic mass is 10.0. The highest BCUT2D eigenvalue weighted by molar-refractivity contribution is 7.09. The first kappa shape index (κ1) is 26.4. The van der Waals surface area contributed by atoms with Crippen molar-refractivity contribution in [2.24, 2.45) is 5.73 Å². The Morgan fingerprint density at radius 1 is 0.974 bits per heavy atom. The summed E-state index contributed by atoms with van der Waals surface area (Å²) < 4.78 is 3.97. The number of primary amides is 1. The van der Waals surface area contributed by atoms with Crippen LogP contribution in [0.3, 0.4) is 0 Å². The van der Waals surface area contributed by atoms with Gasteiger partial charge >= 0.3 is 0 Å². The molecule has 4 rings (SSSR count). The number of hydrogen-bond acceptors (Lipinski definition) is 7. The van der Waals surface area contributed by atoms with Crippen LogP contribution in [-0.2, 0) is 17.8 Å². The van der Waals surface area contributed by atoms with E-state index in [2.05, 4.69) is 9.69 Å². The van der Waals surface area contributed by atoms with E-state index in [9.17, 15) is 19.5 Å². The zero-order valence-electron chi connectivity index (χ0n) is 20.6. The largest absolute Gasteiger partial charge is 0.508 e. The minimum absolute atomic E-state index is 0.0140. The number of carbonyl (C=O) groups is 3. The van der Waals surface area contributed by atoms with E-state index in [1.54, 1.807) is 24.3 Å². The number of nitrogens with zero attached hydrogens (tertiary/aromatic N) is 2. The van der Waals surface area contributed by atoms with Crippen LogP contribution >= 0.6 is 11.5 Å². The Bertz CT molecular complexity index is 1440. The average Bonchev–Trinajstić information content (AvgIpc) is 3.33. The van der Waals surface area contributed by atoms with E-state index in [-0.39, 0.29) is 28.6 Å². The van der Waals surface area contributed by atoms with E-state index in [4.69, 9.17) is 11.5 Å². The Labute approximate surface area is 223 Å². The second kappa shape index (κ2) is 11.6. The molecule has 38 heavy (non-hydrogen) atoms. The average molecular weight is 530 g/mol. The van der Waals surface area contributed by atoms with E-state index in [0.717, 1.165) is 29.1 Å². The first-order valence-corrected chi connectivity index (χ1v) is 12.7. The number of carbonyl (C=O) groups excluding carboxylic acids is 3. The van der Waals surface area contributed by atoms with Crippen molar-refractivity contribution in [3.63, 3.8) is 0 Å². The lowest BCUT2D eigenvalue weighted by Crippen LogP contribution is -2.44. The molecule has 0 unspecified atom stereocenters. The number of nitrogen functional groups attached to an aromatic ring is 1. The second-order valence-corrected chi connectivity index (χ2v) is 9.30. The molecule has 0 aliphatic carbocycles. The van der Waals surface area contributed by atoms with Gasteiger partial charge in [-0.05, 0) is 58.9 Å². The number of amides is 3. The van der Waals surface area contributed by atoms with Gasteiger partial charge in [0.25, 0.3) is 11.8 Å². The van der Waals surface area contributed by atoms with Gasteiger partial charge in [0.15, 0.2) is 5.69 Å². The topological polar surface area (TPSA) is 152 Å². The van der Waals surface area contributed by atoms with Crippen molar-refractivity contribution in [1.29, 1.82) is 0 Å². The van der Waals surface area contributed by atoms with Gasteiger partial charge in [-0.15, -0.1) is 0 Å². The van der Waals surface area contributed by atoms with Crippen LogP contribution in [0.5, 0.6) is 5.75 Å². The van der Waals surface area contributed by atoms with Gasteiger partial charge in [-0.2, -0.15) is 4.37 Å². The van der Waals surface area contributed by atoms with Crippen LogP contribution in [0.2, 0.25) is 0 Å². The summed E-state index contributed by atoms with van der Waals surface area (Å²) in [4.78, 5) is 40.9. The number of benzene rings is 3. The third-order valence-corrected chi connectivity index (χ3v) is 6.87. The maximum Gasteiger partial charge on any atom is 0.273 e. The molecule has 6 N–H and O–H groups in total. The number of hydrogen-bond donors (Lipinski definition) is 4. The predicted molar refractivity (Wildman–Crippen MR) is 147 cm³/mol. The number of rotatable bonds is 9.